The van der Waals surface area contributed by atoms with Crippen LogP contribution in [-0.2, 0) is 24.2 Å². The van der Waals surface area contributed by atoms with Crippen molar-refractivity contribution in [1.82, 2.24) is 4.57 Å². The summed E-state index contributed by atoms with van der Waals surface area (Å²) in [5.41, 5.74) is 8.94. The van der Waals surface area contributed by atoms with Crippen LogP contribution in [0.5, 0.6) is 0 Å². The number of hydrogen-bond donors (Lipinski definition) is 1. The van der Waals surface area contributed by atoms with E-state index < -0.39 is 5.41 Å². The summed E-state index contributed by atoms with van der Waals surface area (Å²) < 4.78 is 2.03. The zero-order valence-corrected chi connectivity index (χ0v) is 17.6. The molecule has 2 N–H and O–H groups in total. The van der Waals surface area contributed by atoms with Gasteiger partial charge in [0.05, 0.1) is 11.1 Å². The van der Waals surface area contributed by atoms with E-state index >= 15 is 0 Å². The number of benzene rings is 2. The Morgan fingerprint density at radius 3 is 2.28 bits per heavy atom. The van der Waals surface area contributed by atoms with Gasteiger partial charge in [-0.1, -0.05) is 55.5 Å². The SMILES string of the molecule is CCCC(=O)c1c(CCc2ccccc2)c2ccccc2n1CC(C)(C)C(N)=O. The van der Waals surface area contributed by atoms with Crippen LogP contribution < -0.4 is 5.73 Å². The van der Waals surface area contributed by atoms with Crippen molar-refractivity contribution in [3.05, 3.63) is 71.4 Å². The third kappa shape index (κ3) is 4.42. The van der Waals surface area contributed by atoms with Crippen LogP contribution in [0, 0.1) is 5.41 Å². The first kappa shape index (κ1) is 20.8. The molecular weight excluding hydrogens is 360 g/mol. The highest BCUT2D eigenvalue weighted by Crippen LogP contribution is 2.32. The van der Waals surface area contributed by atoms with Gasteiger partial charge < -0.3 is 10.3 Å². The van der Waals surface area contributed by atoms with Gasteiger partial charge in [0.25, 0.3) is 0 Å². The highest BCUT2D eigenvalue weighted by molar-refractivity contribution is 6.03. The minimum Gasteiger partial charge on any atom is -0.369 e. The van der Waals surface area contributed by atoms with E-state index in [1.165, 1.54) is 5.56 Å². The van der Waals surface area contributed by atoms with Crippen molar-refractivity contribution in [3.8, 4) is 0 Å². The molecule has 2 aromatic carbocycles. The van der Waals surface area contributed by atoms with Gasteiger partial charge in [-0.3, -0.25) is 9.59 Å². The van der Waals surface area contributed by atoms with Crippen molar-refractivity contribution >= 4 is 22.6 Å². The third-order valence-corrected chi connectivity index (χ3v) is 5.54. The number of carbonyl (C=O) groups excluding carboxylic acids is 2. The standard InChI is InChI=1S/C25H30N2O2/c1-4-10-22(28)23-20(16-15-18-11-6-5-7-12-18)19-13-8-9-14-21(19)27(23)17-25(2,3)24(26)29/h5-9,11-14H,4,10,15-17H2,1-3H3,(H2,26,29). The number of rotatable bonds is 9. The van der Waals surface area contributed by atoms with Gasteiger partial charge >= 0.3 is 0 Å². The number of para-hydroxylation sites is 1. The van der Waals surface area contributed by atoms with Crippen LogP contribution in [0.2, 0.25) is 0 Å². The summed E-state index contributed by atoms with van der Waals surface area (Å²) in [5, 5.41) is 1.09. The van der Waals surface area contributed by atoms with E-state index in [0.29, 0.717) is 13.0 Å². The number of aryl methyl sites for hydroxylation is 2. The zero-order chi connectivity index (χ0) is 21.0. The summed E-state index contributed by atoms with van der Waals surface area (Å²) >= 11 is 0. The van der Waals surface area contributed by atoms with Crippen molar-refractivity contribution < 1.29 is 9.59 Å². The molecule has 1 amide bonds. The number of nitrogens with two attached hydrogens (primary N) is 1. The van der Waals surface area contributed by atoms with E-state index in [-0.39, 0.29) is 11.7 Å². The van der Waals surface area contributed by atoms with Crippen molar-refractivity contribution in [2.45, 2.75) is 53.0 Å². The second kappa shape index (κ2) is 8.64. The summed E-state index contributed by atoms with van der Waals surface area (Å²) in [6.07, 6.45) is 2.92. The Labute approximate surface area is 172 Å². The summed E-state index contributed by atoms with van der Waals surface area (Å²) in [5.74, 6) is -0.234. The molecule has 3 rings (SSSR count). The first-order chi connectivity index (χ1) is 13.8. The number of fused-ring (bicyclic) bond motifs is 1. The molecule has 0 aliphatic rings. The molecule has 0 saturated carbocycles. The van der Waals surface area contributed by atoms with Gasteiger partial charge in [-0.2, -0.15) is 0 Å². The van der Waals surface area contributed by atoms with Gasteiger partial charge in [0.2, 0.25) is 5.91 Å². The number of primary amides is 1. The highest BCUT2D eigenvalue weighted by Gasteiger charge is 2.30. The van der Waals surface area contributed by atoms with Crippen LogP contribution in [0.4, 0.5) is 0 Å². The van der Waals surface area contributed by atoms with Gasteiger partial charge in [-0.15, -0.1) is 0 Å². The Morgan fingerprint density at radius 1 is 0.966 bits per heavy atom. The monoisotopic (exact) mass is 390 g/mol. The quantitative estimate of drug-likeness (QED) is 0.527. The molecule has 0 bridgehead atoms. The second-order valence-corrected chi connectivity index (χ2v) is 8.34. The van der Waals surface area contributed by atoms with Gasteiger partial charge in [0.15, 0.2) is 5.78 Å². The topological polar surface area (TPSA) is 65.1 Å². The average Bonchev–Trinajstić information content (AvgIpc) is 3.00. The van der Waals surface area contributed by atoms with Gasteiger partial charge in [-0.05, 0) is 50.3 Å². The number of amides is 1. The molecule has 0 aliphatic carbocycles. The maximum atomic E-state index is 13.2. The molecular formula is C25H30N2O2. The number of ketones is 1. The number of nitrogens with zero attached hydrogens (tertiary/aromatic N) is 1. The summed E-state index contributed by atoms with van der Waals surface area (Å²) in [7, 11) is 0. The lowest BCUT2D eigenvalue weighted by Gasteiger charge is -2.23. The molecule has 0 fully saturated rings. The van der Waals surface area contributed by atoms with Crippen LogP contribution in [0.25, 0.3) is 10.9 Å². The Balaban J connectivity index is 2.13. The van der Waals surface area contributed by atoms with Crippen LogP contribution in [0.15, 0.2) is 54.6 Å². The van der Waals surface area contributed by atoms with E-state index in [1.807, 2.05) is 61.7 Å². The van der Waals surface area contributed by atoms with Crippen LogP contribution in [0.1, 0.15) is 55.2 Å². The first-order valence-electron chi connectivity index (χ1n) is 10.3. The molecule has 4 nitrogen and oxygen atoms in total. The number of carbonyl (C=O) groups is 2. The normalized spacial score (nSPS) is 11.7. The van der Waals surface area contributed by atoms with Crippen LogP contribution in [0.3, 0.4) is 0 Å². The highest BCUT2D eigenvalue weighted by atomic mass is 16.1. The van der Waals surface area contributed by atoms with Crippen molar-refractivity contribution in [2.75, 3.05) is 0 Å². The molecule has 0 aliphatic heterocycles. The average molecular weight is 391 g/mol. The lowest BCUT2D eigenvalue weighted by atomic mass is 9.92. The van der Waals surface area contributed by atoms with E-state index in [4.69, 9.17) is 5.73 Å². The molecule has 29 heavy (non-hydrogen) atoms. The Bertz CT molecular complexity index is 1020. The lowest BCUT2D eigenvalue weighted by molar-refractivity contribution is -0.126. The Hall–Kier alpha value is -2.88. The summed E-state index contributed by atoms with van der Waals surface area (Å²) in [4.78, 5) is 25.2. The summed E-state index contributed by atoms with van der Waals surface area (Å²) in [6, 6.07) is 18.4. The Morgan fingerprint density at radius 2 is 1.62 bits per heavy atom. The van der Waals surface area contributed by atoms with Gasteiger partial charge in [0.1, 0.15) is 0 Å². The molecule has 0 spiro atoms. The number of hydrogen-bond acceptors (Lipinski definition) is 2. The molecule has 4 heteroatoms. The fourth-order valence-electron chi connectivity index (χ4n) is 3.84. The lowest BCUT2D eigenvalue weighted by Crippen LogP contribution is -2.36. The minimum absolute atomic E-state index is 0.132. The maximum Gasteiger partial charge on any atom is 0.224 e. The van der Waals surface area contributed by atoms with Crippen molar-refractivity contribution in [1.29, 1.82) is 0 Å². The molecule has 0 atom stereocenters. The number of Topliss-reactive ketones (excluding diaryl/α,β-unsaturated/α-hetero) is 1. The molecule has 0 saturated heterocycles. The van der Waals surface area contributed by atoms with Crippen molar-refractivity contribution in [2.24, 2.45) is 11.1 Å². The first-order valence-corrected chi connectivity index (χ1v) is 10.3. The minimum atomic E-state index is -0.750. The summed E-state index contributed by atoms with van der Waals surface area (Å²) in [6.45, 7) is 6.07. The molecule has 0 unspecified atom stereocenters. The van der Waals surface area contributed by atoms with Crippen LogP contribution >= 0.6 is 0 Å². The second-order valence-electron chi connectivity index (χ2n) is 8.34. The van der Waals surface area contributed by atoms with Gasteiger partial charge in [0, 0.05) is 23.9 Å². The largest absolute Gasteiger partial charge is 0.369 e. The smallest absolute Gasteiger partial charge is 0.224 e. The third-order valence-electron chi connectivity index (χ3n) is 5.54. The maximum absolute atomic E-state index is 13.2. The van der Waals surface area contributed by atoms with Crippen molar-refractivity contribution in [3.63, 3.8) is 0 Å². The molecule has 0 radical (unpaired) electrons. The Kier molecular flexibility index (Phi) is 6.21. The van der Waals surface area contributed by atoms with E-state index in [9.17, 15) is 9.59 Å². The van der Waals surface area contributed by atoms with E-state index in [0.717, 1.165) is 41.4 Å². The molecule has 3 aromatic rings. The van der Waals surface area contributed by atoms with E-state index in [1.54, 1.807) is 0 Å². The predicted octanol–water partition coefficient (Wildman–Crippen LogP) is 4.92. The fraction of sp³-hybridized carbons (Fsp3) is 0.360. The zero-order valence-electron chi connectivity index (χ0n) is 17.6. The fourth-order valence-corrected chi connectivity index (χ4v) is 3.84. The molecule has 1 heterocycles. The van der Waals surface area contributed by atoms with Crippen LogP contribution in [-0.4, -0.2) is 16.3 Å². The molecule has 152 valence electrons. The number of aromatic nitrogens is 1. The molecule has 1 aromatic heterocycles. The van der Waals surface area contributed by atoms with E-state index in [2.05, 4.69) is 18.2 Å². The van der Waals surface area contributed by atoms with Gasteiger partial charge in [-0.25, -0.2) is 0 Å². The predicted molar refractivity (Wildman–Crippen MR) is 118 cm³/mol.